The molecule has 1 atom stereocenters. The van der Waals surface area contributed by atoms with E-state index >= 15 is 0 Å². The van der Waals surface area contributed by atoms with E-state index in [1.54, 1.807) is 0 Å². The van der Waals surface area contributed by atoms with Crippen molar-refractivity contribution in [3.8, 4) is 0 Å². The number of hydrogen-bond acceptors (Lipinski definition) is 1. The van der Waals surface area contributed by atoms with Gasteiger partial charge in [0.2, 0.25) is 0 Å². The lowest BCUT2D eigenvalue weighted by Gasteiger charge is -2.20. The van der Waals surface area contributed by atoms with Gasteiger partial charge >= 0.3 is 0 Å². The summed E-state index contributed by atoms with van der Waals surface area (Å²) in [6.07, 6.45) is 1.14. The second-order valence-corrected chi connectivity index (χ2v) is 4.06. The molecule has 0 spiro atoms. The summed E-state index contributed by atoms with van der Waals surface area (Å²) in [4.78, 5) is 0. The van der Waals surface area contributed by atoms with Crippen molar-refractivity contribution in [1.82, 2.24) is 5.32 Å². The predicted octanol–water partition coefficient (Wildman–Crippen LogP) is 3.28. The van der Waals surface area contributed by atoms with Crippen LogP contribution in [0.25, 0.3) is 0 Å². The Morgan fingerprint density at radius 1 is 1.14 bits per heavy atom. The molecule has 1 aromatic rings. The SMILES string of the molecule is CC[C@@H](NC)c1c(C)cc(C)cc1C. The molecule has 0 aliphatic rings. The van der Waals surface area contributed by atoms with Crippen LogP contribution in [-0.4, -0.2) is 7.05 Å². The van der Waals surface area contributed by atoms with Crippen molar-refractivity contribution in [2.45, 2.75) is 40.2 Å². The van der Waals surface area contributed by atoms with Crippen LogP contribution in [0.4, 0.5) is 0 Å². The van der Waals surface area contributed by atoms with Crippen LogP contribution in [0.15, 0.2) is 12.1 Å². The number of hydrogen-bond donors (Lipinski definition) is 1. The predicted molar refractivity (Wildman–Crippen MR) is 62.7 cm³/mol. The van der Waals surface area contributed by atoms with Crippen molar-refractivity contribution in [3.63, 3.8) is 0 Å². The highest BCUT2D eigenvalue weighted by Gasteiger charge is 2.12. The monoisotopic (exact) mass is 191 g/mol. The van der Waals surface area contributed by atoms with Crippen molar-refractivity contribution < 1.29 is 0 Å². The third kappa shape index (κ3) is 2.16. The molecule has 0 amide bonds. The maximum Gasteiger partial charge on any atom is 0.0320 e. The highest BCUT2D eigenvalue weighted by molar-refractivity contribution is 5.39. The second-order valence-electron chi connectivity index (χ2n) is 4.06. The van der Waals surface area contributed by atoms with Crippen molar-refractivity contribution >= 4 is 0 Å². The fourth-order valence-electron chi connectivity index (χ4n) is 2.29. The maximum absolute atomic E-state index is 3.37. The minimum absolute atomic E-state index is 0.496. The molecule has 0 aliphatic heterocycles. The fourth-order valence-corrected chi connectivity index (χ4v) is 2.29. The molecule has 0 radical (unpaired) electrons. The van der Waals surface area contributed by atoms with E-state index in [1.807, 2.05) is 7.05 Å². The minimum atomic E-state index is 0.496. The van der Waals surface area contributed by atoms with Gasteiger partial charge in [0.05, 0.1) is 0 Å². The van der Waals surface area contributed by atoms with Gasteiger partial charge in [0, 0.05) is 6.04 Å². The third-order valence-electron chi connectivity index (χ3n) is 2.84. The number of nitrogens with one attached hydrogen (secondary N) is 1. The van der Waals surface area contributed by atoms with Gasteiger partial charge in [0.25, 0.3) is 0 Å². The van der Waals surface area contributed by atoms with Gasteiger partial charge < -0.3 is 5.32 Å². The minimum Gasteiger partial charge on any atom is -0.313 e. The topological polar surface area (TPSA) is 12.0 Å². The van der Waals surface area contributed by atoms with Crippen LogP contribution >= 0.6 is 0 Å². The Morgan fingerprint density at radius 2 is 1.64 bits per heavy atom. The lowest BCUT2D eigenvalue weighted by atomic mass is 9.93. The lowest BCUT2D eigenvalue weighted by molar-refractivity contribution is 0.571. The van der Waals surface area contributed by atoms with Crippen molar-refractivity contribution in [2.24, 2.45) is 0 Å². The van der Waals surface area contributed by atoms with Gasteiger partial charge in [-0.05, 0) is 50.9 Å². The first-order chi connectivity index (χ1) is 6.60. The zero-order chi connectivity index (χ0) is 10.7. The van der Waals surface area contributed by atoms with Gasteiger partial charge in [0.15, 0.2) is 0 Å². The van der Waals surface area contributed by atoms with Gasteiger partial charge in [-0.2, -0.15) is 0 Å². The van der Waals surface area contributed by atoms with E-state index < -0.39 is 0 Å². The summed E-state index contributed by atoms with van der Waals surface area (Å²) in [5.41, 5.74) is 5.64. The molecule has 0 fully saturated rings. The molecule has 1 heteroatoms. The summed E-state index contributed by atoms with van der Waals surface area (Å²) in [5.74, 6) is 0. The average molecular weight is 191 g/mol. The quantitative estimate of drug-likeness (QED) is 0.773. The summed E-state index contributed by atoms with van der Waals surface area (Å²) < 4.78 is 0. The summed E-state index contributed by atoms with van der Waals surface area (Å²) in [6, 6.07) is 5.03. The first kappa shape index (κ1) is 11.3. The van der Waals surface area contributed by atoms with E-state index in [2.05, 4.69) is 45.1 Å². The van der Waals surface area contributed by atoms with E-state index in [9.17, 15) is 0 Å². The molecule has 0 aromatic heterocycles. The molecule has 0 aliphatic carbocycles. The van der Waals surface area contributed by atoms with E-state index in [-0.39, 0.29) is 0 Å². The van der Waals surface area contributed by atoms with E-state index in [4.69, 9.17) is 0 Å². The normalized spacial score (nSPS) is 12.9. The van der Waals surface area contributed by atoms with Crippen LogP contribution < -0.4 is 5.32 Å². The zero-order valence-corrected chi connectivity index (χ0v) is 9.94. The highest BCUT2D eigenvalue weighted by atomic mass is 14.9. The first-order valence-electron chi connectivity index (χ1n) is 5.35. The Morgan fingerprint density at radius 3 is 2.00 bits per heavy atom. The molecule has 0 heterocycles. The van der Waals surface area contributed by atoms with Crippen LogP contribution in [-0.2, 0) is 0 Å². The second kappa shape index (κ2) is 4.61. The van der Waals surface area contributed by atoms with Crippen LogP contribution in [0.1, 0.15) is 41.6 Å². The van der Waals surface area contributed by atoms with Gasteiger partial charge in [-0.3, -0.25) is 0 Å². The summed E-state index contributed by atoms with van der Waals surface area (Å²) in [6.45, 7) is 8.79. The molecule has 0 bridgehead atoms. The Balaban J connectivity index is 3.19. The molecule has 1 aromatic carbocycles. The van der Waals surface area contributed by atoms with Crippen molar-refractivity contribution in [3.05, 3.63) is 34.4 Å². The van der Waals surface area contributed by atoms with Gasteiger partial charge in [-0.25, -0.2) is 0 Å². The first-order valence-corrected chi connectivity index (χ1v) is 5.35. The van der Waals surface area contributed by atoms with Gasteiger partial charge in [0.1, 0.15) is 0 Å². The van der Waals surface area contributed by atoms with Gasteiger partial charge in [-0.15, -0.1) is 0 Å². The largest absolute Gasteiger partial charge is 0.313 e. The van der Waals surface area contributed by atoms with Gasteiger partial charge in [-0.1, -0.05) is 24.6 Å². The maximum atomic E-state index is 3.37. The van der Waals surface area contributed by atoms with Crippen molar-refractivity contribution in [2.75, 3.05) is 7.05 Å². The average Bonchev–Trinajstić information content (AvgIpc) is 2.10. The van der Waals surface area contributed by atoms with Crippen LogP contribution in [0.5, 0.6) is 0 Å². The Hall–Kier alpha value is -0.820. The lowest BCUT2D eigenvalue weighted by Crippen LogP contribution is -2.17. The summed E-state index contributed by atoms with van der Waals surface area (Å²) in [7, 11) is 2.03. The molecule has 1 N–H and O–H groups in total. The van der Waals surface area contributed by atoms with E-state index in [0.717, 1.165) is 6.42 Å². The third-order valence-corrected chi connectivity index (χ3v) is 2.84. The number of rotatable bonds is 3. The Bertz CT molecular complexity index is 288. The summed E-state index contributed by atoms with van der Waals surface area (Å²) >= 11 is 0. The Kier molecular flexibility index (Phi) is 3.70. The van der Waals surface area contributed by atoms with Crippen molar-refractivity contribution in [1.29, 1.82) is 0 Å². The Labute approximate surface area is 87.5 Å². The fraction of sp³-hybridized carbons (Fsp3) is 0.538. The molecule has 0 saturated heterocycles. The molecule has 14 heavy (non-hydrogen) atoms. The molecule has 1 nitrogen and oxygen atoms in total. The highest BCUT2D eigenvalue weighted by Crippen LogP contribution is 2.25. The molecular weight excluding hydrogens is 170 g/mol. The van der Waals surface area contributed by atoms with Crippen LogP contribution in [0.3, 0.4) is 0 Å². The molecular formula is C13H21N. The molecule has 0 saturated carbocycles. The number of benzene rings is 1. The zero-order valence-electron chi connectivity index (χ0n) is 9.94. The smallest absolute Gasteiger partial charge is 0.0320 e. The standard InChI is InChI=1S/C13H21N/c1-6-12(14-5)13-10(3)7-9(2)8-11(13)4/h7-8,12,14H,6H2,1-5H3/t12-/m1/s1. The van der Waals surface area contributed by atoms with E-state index in [1.165, 1.54) is 22.3 Å². The summed E-state index contributed by atoms with van der Waals surface area (Å²) in [5, 5.41) is 3.37. The molecule has 1 rings (SSSR count). The molecule has 78 valence electrons. The number of aryl methyl sites for hydroxylation is 3. The molecule has 0 unspecified atom stereocenters. The van der Waals surface area contributed by atoms with E-state index in [0.29, 0.717) is 6.04 Å². The van der Waals surface area contributed by atoms with Crippen LogP contribution in [0.2, 0.25) is 0 Å². The van der Waals surface area contributed by atoms with Crippen LogP contribution in [0, 0.1) is 20.8 Å².